The van der Waals surface area contributed by atoms with Crippen LogP contribution in [0, 0.1) is 0 Å². The Morgan fingerprint density at radius 2 is 0.983 bits per heavy atom. The predicted molar refractivity (Wildman–Crippen MR) is 213 cm³/mol. The van der Waals surface area contributed by atoms with Crippen LogP contribution in [0.15, 0.2) is 48.5 Å². The molecule has 0 aliphatic carbocycles. The van der Waals surface area contributed by atoms with Crippen LogP contribution in [0.3, 0.4) is 0 Å². The number of anilines is 2. The summed E-state index contributed by atoms with van der Waals surface area (Å²) in [6, 6.07) is 12.0. The SMILES string of the molecule is CC(C)(C)OC(=O)N1C(=O)CCC(N2CCN(c3ccc(CBr)cc3)C2=O)C1=O.CC(C)(C)OC(=O)N1C(=O)CCC(N2CCN(c3ccc(CO)cc3)C2=O)C1=O. The zero-order chi connectivity index (χ0) is 42.7. The van der Waals surface area contributed by atoms with E-state index in [4.69, 9.17) is 14.6 Å². The topological polar surface area (TPSA) is 195 Å². The van der Waals surface area contributed by atoms with Gasteiger partial charge in [0.05, 0.1) is 6.61 Å². The average Bonchev–Trinajstić information content (AvgIpc) is 3.72. The summed E-state index contributed by atoms with van der Waals surface area (Å²) in [5.74, 6) is -2.67. The van der Waals surface area contributed by atoms with E-state index in [1.807, 2.05) is 24.3 Å². The second kappa shape index (κ2) is 17.6. The van der Waals surface area contributed by atoms with Crippen molar-refractivity contribution >= 4 is 75.2 Å². The first-order valence-electron chi connectivity index (χ1n) is 18.9. The van der Waals surface area contributed by atoms with Crippen LogP contribution >= 0.6 is 15.9 Å². The fraction of sp³-hybridized carbons (Fsp3) is 0.500. The normalized spacial score (nSPS) is 20.5. The first-order valence-corrected chi connectivity index (χ1v) is 20.1. The molecule has 2 aromatic rings. The van der Waals surface area contributed by atoms with E-state index in [0.29, 0.717) is 41.7 Å². The lowest BCUT2D eigenvalue weighted by molar-refractivity contribution is -0.152. The van der Waals surface area contributed by atoms with E-state index < -0.39 is 59.1 Å². The Morgan fingerprint density at radius 3 is 1.31 bits per heavy atom. The van der Waals surface area contributed by atoms with Gasteiger partial charge in [-0.1, -0.05) is 40.2 Å². The Labute approximate surface area is 344 Å². The first-order chi connectivity index (χ1) is 27.2. The number of ether oxygens (including phenoxy) is 2. The predicted octanol–water partition coefficient (Wildman–Crippen LogP) is 5.15. The number of aliphatic hydroxyl groups excluding tert-OH is 1. The molecular weight excluding hydrogens is 820 g/mol. The molecule has 0 aromatic heterocycles. The highest BCUT2D eigenvalue weighted by Gasteiger charge is 2.48. The number of carbonyl (C=O) groups excluding carboxylic acids is 8. The van der Waals surface area contributed by atoms with Crippen molar-refractivity contribution in [1.82, 2.24) is 19.6 Å². The third-order valence-corrected chi connectivity index (χ3v) is 10.2. The van der Waals surface area contributed by atoms with Gasteiger partial charge >= 0.3 is 24.2 Å². The standard InChI is InChI=1S/C20H24BrN3O5.C20H25N3O6/c1-20(2,3)29-19(28)24-16(25)9-8-15(17(24)26)23-11-10-22(18(23)27)14-6-4-13(12-21)5-7-14;1-20(2,3)29-19(28)23-16(25)9-8-15(17(23)26)22-11-10-21(18(22)27)14-6-4-13(12-24)5-7-14/h4-7,15H,8-12H2,1-3H3;4-7,15,24H,8-12H2,1-3H3. The summed E-state index contributed by atoms with van der Waals surface area (Å²) in [5.41, 5.74) is 1.51. The monoisotopic (exact) mass is 868 g/mol. The van der Waals surface area contributed by atoms with Crippen LogP contribution in [0.2, 0.25) is 0 Å². The third-order valence-electron chi connectivity index (χ3n) is 9.59. The molecule has 4 saturated heterocycles. The van der Waals surface area contributed by atoms with E-state index in [1.54, 1.807) is 70.7 Å². The number of amides is 10. The number of benzene rings is 2. The number of hydrogen-bond acceptors (Lipinski definition) is 11. The van der Waals surface area contributed by atoms with Crippen LogP contribution < -0.4 is 9.80 Å². The lowest BCUT2D eigenvalue weighted by Crippen LogP contribution is -2.57. The van der Waals surface area contributed by atoms with Crippen molar-refractivity contribution in [2.24, 2.45) is 0 Å². The number of aliphatic hydroxyl groups is 1. The highest BCUT2D eigenvalue weighted by atomic mass is 79.9. The molecule has 0 spiro atoms. The number of halogens is 1. The number of carbonyl (C=O) groups is 8. The molecule has 2 aromatic carbocycles. The van der Waals surface area contributed by atoms with Crippen molar-refractivity contribution < 1.29 is 52.9 Å². The Bertz CT molecular complexity index is 1800. The lowest BCUT2D eigenvalue weighted by atomic mass is 10.0. The van der Waals surface area contributed by atoms with E-state index >= 15 is 0 Å². The molecule has 6 rings (SSSR count). The minimum absolute atomic E-state index is 0.000619. The lowest BCUT2D eigenvalue weighted by Gasteiger charge is -2.34. The number of nitrogens with zero attached hydrogens (tertiary/aromatic N) is 6. The van der Waals surface area contributed by atoms with Crippen LogP contribution in [-0.4, -0.2) is 122 Å². The van der Waals surface area contributed by atoms with E-state index in [-0.39, 0.29) is 44.4 Å². The van der Waals surface area contributed by atoms with Gasteiger partial charge in [0, 0.05) is 55.7 Å². The molecule has 58 heavy (non-hydrogen) atoms. The van der Waals surface area contributed by atoms with Gasteiger partial charge in [0.15, 0.2) is 0 Å². The van der Waals surface area contributed by atoms with Crippen molar-refractivity contribution in [2.45, 2.75) is 102 Å². The highest BCUT2D eigenvalue weighted by molar-refractivity contribution is 9.08. The molecule has 0 radical (unpaired) electrons. The summed E-state index contributed by atoms with van der Waals surface area (Å²) in [6.45, 7) is 11.3. The minimum atomic E-state index is -1.01. The first kappa shape index (κ1) is 43.8. The van der Waals surface area contributed by atoms with E-state index in [1.165, 1.54) is 14.7 Å². The van der Waals surface area contributed by atoms with Gasteiger partial charge in [0.25, 0.3) is 11.8 Å². The zero-order valence-electron chi connectivity index (χ0n) is 33.4. The molecule has 4 fully saturated rings. The fourth-order valence-corrected chi connectivity index (χ4v) is 7.20. The minimum Gasteiger partial charge on any atom is -0.443 e. The number of rotatable bonds is 6. The Morgan fingerprint density at radius 1 is 0.621 bits per heavy atom. The van der Waals surface area contributed by atoms with E-state index in [2.05, 4.69) is 15.9 Å². The van der Waals surface area contributed by atoms with Crippen molar-refractivity contribution in [3.05, 3.63) is 59.7 Å². The average molecular weight is 870 g/mol. The maximum absolute atomic E-state index is 13.0. The smallest absolute Gasteiger partial charge is 0.424 e. The largest absolute Gasteiger partial charge is 0.443 e. The Hall–Kier alpha value is -5.36. The molecule has 0 saturated carbocycles. The van der Waals surface area contributed by atoms with Crippen molar-refractivity contribution in [3.8, 4) is 0 Å². The van der Waals surface area contributed by atoms with Gasteiger partial charge in [-0.15, -0.1) is 0 Å². The van der Waals surface area contributed by atoms with Crippen molar-refractivity contribution in [1.29, 1.82) is 0 Å². The molecule has 10 amide bonds. The van der Waals surface area contributed by atoms with Gasteiger partial charge < -0.3 is 24.4 Å². The Kier molecular flexibility index (Phi) is 13.3. The van der Waals surface area contributed by atoms with Gasteiger partial charge in [-0.05, 0) is 89.8 Å². The molecule has 4 aliphatic rings. The zero-order valence-corrected chi connectivity index (χ0v) is 35.0. The number of alkyl halides is 1. The maximum Gasteiger partial charge on any atom is 0.424 e. The summed E-state index contributed by atoms with van der Waals surface area (Å²) >= 11 is 3.39. The molecule has 2 atom stereocenters. The van der Waals surface area contributed by atoms with Crippen LogP contribution in [0.4, 0.5) is 30.6 Å². The number of piperidine rings is 2. The molecule has 0 bridgehead atoms. The highest BCUT2D eigenvalue weighted by Crippen LogP contribution is 2.29. The third kappa shape index (κ3) is 9.83. The van der Waals surface area contributed by atoms with Gasteiger partial charge in [-0.25, -0.2) is 19.2 Å². The van der Waals surface area contributed by atoms with Crippen molar-refractivity contribution in [2.75, 3.05) is 36.0 Å². The summed E-state index contributed by atoms with van der Waals surface area (Å²) in [4.78, 5) is 108. The van der Waals surface area contributed by atoms with Gasteiger partial charge in [0.2, 0.25) is 11.8 Å². The van der Waals surface area contributed by atoms with Crippen LogP contribution in [0.1, 0.15) is 78.4 Å². The number of urea groups is 2. The van der Waals surface area contributed by atoms with E-state index in [0.717, 1.165) is 22.1 Å². The fourth-order valence-electron chi connectivity index (χ4n) is 6.82. The Balaban J connectivity index is 0.000000221. The summed E-state index contributed by atoms with van der Waals surface area (Å²) < 4.78 is 10.4. The van der Waals surface area contributed by atoms with Crippen molar-refractivity contribution in [3.63, 3.8) is 0 Å². The second-order valence-electron chi connectivity index (χ2n) is 16.1. The molecule has 18 heteroatoms. The molecule has 17 nitrogen and oxygen atoms in total. The molecule has 4 aliphatic heterocycles. The quantitative estimate of drug-likeness (QED) is 0.298. The van der Waals surface area contributed by atoms with Crippen LogP contribution in [-0.2, 0) is 40.6 Å². The van der Waals surface area contributed by atoms with Gasteiger partial charge in [0.1, 0.15) is 23.3 Å². The summed E-state index contributed by atoms with van der Waals surface area (Å²) in [5, 5.41) is 9.87. The molecule has 312 valence electrons. The van der Waals surface area contributed by atoms with E-state index in [9.17, 15) is 38.4 Å². The van der Waals surface area contributed by atoms with Crippen LogP contribution in [0.5, 0.6) is 0 Å². The second-order valence-corrected chi connectivity index (χ2v) is 16.6. The molecular formula is C40H49BrN6O11. The number of hydrogen-bond donors (Lipinski definition) is 1. The summed E-state index contributed by atoms with van der Waals surface area (Å²) in [7, 11) is 0. The molecule has 2 unspecified atom stereocenters. The van der Waals surface area contributed by atoms with Gasteiger partial charge in [-0.2, -0.15) is 9.80 Å². The van der Waals surface area contributed by atoms with Gasteiger partial charge in [-0.3, -0.25) is 29.0 Å². The maximum atomic E-state index is 13.0. The number of imide groups is 6. The van der Waals surface area contributed by atoms with Crippen LogP contribution in [0.25, 0.3) is 0 Å². The number of likely N-dealkylation sites (tertiary alicyclic amines) is 2. The summed E-state index contributed by atoms with van der Waals surface area (Å²) in [6.07, 6.45) is -1.67. The molecule has 1 N–H and O–H groups in total. The molecule has 4 heterocycles.